The molecule has 0 atom stereocenters. The second kappa shape index (κ2) is 5.38. The Balaban J connectivity index is 2.05. The molecule has 3 rings (SSSR count). The molecule has 5 nitrogen and oxygen atoms in total. The zero-order chi connectivity index (χ0) is 15.0. The summed E-state index contributed by atoms with van der Waals surface area (Å²) >= 11 is 7.43. The van der Waals surface area contributed by atoms with Crippen molar-refractivity contribution in [2.75, 3.05) is 12.8 Å². The Labute approximate surface area is 130 Å². The third-order valence-corrected chi connectivity index (χ3v) is 4.38. The fourth-order valence-corrected chi connectivity index (χ4v) is 2.95. The molecule has 7 heteroatoms. The maximum Gasteiger partial charge on any atom is 0.270 e. The SMILES string of the molecule is COc1cc(Cl)ccc1-c1noc(-c2scc(C)c2N)n1. The van der Waals surface area contributed by atoms with E-state index in [4.69, 9.17) is 26.6 Å². The van der Waals surface area contributed by atoms with E-state index >= 15 is 0 Å². The van der Waals surface area contributed by atoms with Crippen molar-refractivity contribution in [3.8, 4) is 27.9 Å². The summed E-state index contributed by atoms with van der Waals surface area (Å²) in [5.41, 5.74) is 8.37. The van der Waals surface area contributed by atoms with Gasteiger partial charge in [-0.25, -0.2) is 0 Å². The minimum atomic E-state index is 0.401. The number of aryl methyl sites for hydroxylation is 1. The lowest BCUT2D eigenvalue weighted by molar-refractivity contribution is 0.413. The average Bonchev–Trinajstić information content (AvgIpc) is 3.07. The van der Waals surface area contributed by atoms with Gasteiger partial charge < -0.3 is 15.0 Å². The first-order chi connectivity index (χ1) is 10.1. The number of anilines is 1. The third-order valence-electron chi connectivity index (χ3n) is 3.05. The highest BCUT2D eigenvalue weighted by atomic mass is 35.5. The highest BCUT2D eigenvalue weighted by Gasteiger charge is 2.18. The van der Waals surface area contributed by atoms with Gasteiger partial charge in [0, 0.05) is 5.02 Å². The van der Waals surface area contributed by atoms with Crippen LogP contribution >= 0.6 is 22.9 Å². The van der Waals surface area contributed by atoms with E-state index in [2.05, 4.69) is 10.1 Å². The maximum absolute atomic E-state index is 6.00. The van der Waals surface area contributed by atoms with Crippen LogP contribution in [0.25, 0.3) is 22.2 Å². The number of nitrogen functional groups attached to an aromatic ring is 1. The van der Waals surface area contributed by atoms with Gasteiger partial charge in [-0.1, -0.05) is 16.8 Å². The van der Waals surface area contributed by atoms with E-state index in [1.54, 1.807) is 25.3 Å². The second-order valence-corrected chi connectivity index (χ2v) is 5.75. The van der Waals surface area contributed by atoms with Crippen molar-refractivity contribution in [3.05, 3.63) is 34.2 Å². The second-order valence-electron chi connectivity index (χ2n) is 4.43. The van der Waals surface area contributed by atoms with Gasteiger partial charge in [-0.3, -0.25) is 0 Å². The van der Waals surface area contributed by atoms with Gasteiger partial charge in [-0.15, -0.1) is 11.3 Å². The van der Waals surface area contributed by atoms with Gasteiger partial charge in [0.1, 0.15) is 10.6 Å². The molecule has 0 saturated heterocycles. The number of benzene rings is 1. The summed E-state index contributed by atoms with van der Waals surface area (Å²) in [5, 5.41) is 6.53. The van der Waals surface area contributed by atoms with E-state index in [0.717, 1.165) is 10.4 Å². The van der Waals surface area contributed by atoms with Crippen LogP contribution in [0.1, 0.15) is 5.56 Å². The standard InChI is InChI=1S/C14H12ClN3O2S/c1-7-6-21-12(11(7)16)14-17-13(18-20-14)9-4-3-8(15)5-10(9)19-2/h3-6H,16H2,1-2H3. The quantitative estimate of drug-likeness (QED) is 0.788. The smallest absolute Gasteiger partial charge is 0.270 e. The molecule has 21 heavy (non-hydrogen) atoms. The summed E-state index contributed by atoms with van der Waals surface area (Å²) < 4.78 is 10.6. The van der Waals surface area contributed by atoms with Gasteiger partial charge in [-0.05, 0) is 36.1 Å². The van der Waals surface area contributed by atoms with Crippen molar-refractivity contribution in [1.29, 1.82) is 0 Å². The number of nitrogens with zero attached hydrogens (tertiary/aromatic N) is 2. The molecule has 0 aliphatic carbocycles. The fraction of sp³-hybridized carbons (Fsp3) is 0.143. The number of aromatic nitrogens is 2. The largest absolute Gasteiger partial charge is 0.496 e. The number of rotatable bonds is 3. The molecular weight excluding hydrogens is 310 g/mol. The van der Waals surface area contributed by atoms with Crippen molar-refractivity contribution in [2.45, 2.75) is 6.92 Å². The Kier molecular flexibility index (Phi) is 3.57. The fourth-order valence-electron chi connectivity index (χ4n) is 1.89. The first-order valence-electron chi connectivity index (χ1n) is 6.11. The summed E-state index contributed by atoms with van der Waals surface area (Å²) in [5.74, 6) is 1.42. The number of ether oxygens (including phenoxy) is 1. The predicted octanol–water partition coefficient (Wildman–Crippen LogP) is 4.02. The molecule has 0 spiro atoms. The van der Waals surface area contributed by atoms with Gasteiger partial charge in [0.2, 0.25) is 5.82 Å². The van der Waals surface area contributed by atoms with E-state index in [-0.39, 0.29) is 0 Å². The molecule has 0 fully saturated rings. The molecule has 2 N–H and O–H groups in total. The molecule has 0 bridgehead atoms. The van der Waals surface area contributed by atoms with Gasteiger partial charge >= 0.3 is 0 Å². The molecule has 0 radical (unpaired) electrons. The van der Waals surface area contributed by atoms with Crippen LogP contribution in [0.15, 0.2) is 28.1 Å². The van der Waals surface area contributed by atoms with E-state index in [1.165, 1.54) is 11.3 Å². The van der Waals surface area contributed by atoms with Crippen molar-refractivity contribution in [2.24, 2.45) is 0 Å². The lowest BCUT2D eigenvalue weighted by Crippen LogP contribution is -1.90. The number of nitrogens with two attached hydrogens (primary N) is 1. The van der Waals surface area contributed by atoms with E-state index in [1.807, 2.05) is 12.3 Å². The van der Waals surface area contributed by atoms with Crippen LogP contribution in [0.3, 0.4) is 0 Å². The molecule has 2 aromatic heterocycles. The molecule has 0 aliphatic rings. The predicted molar refractivity (Wildman–Crippen MR) is 83.8 cm³/mol. The van der Waals surface area contributed by atoms with Crippen LogP contribution in [-0.2, 0) is 0 Å². The molecular formula is C14H12ClN3O2S. The number of methoxy groups -OCH3 is 1. The zero-order valence-corrected chi connectivity index (χ0v) is 13.0. The molecule has 2 heterocycles. The van der Waals surface area contributed by atoms with Gasteiger partial charge in [0.05, 0.1) is 18.4 Å². The third kappa shape index (κ3) is 2.48. The molecule has 0 aliphatic heterocycles. The van der Waals surface area contributed by atoms with Crippen LogP contribution in [-0.4, -0.2) is 17.3 Å². The minimum Gasteiger partial charge on any atom is -0.496 e. The lowest BCUT2D eigenvalue weighted by atomic mass is 10.2. The van der Waals surface area contributed by atoms with Crippen LogP contribution in [0, 0.1) is 6.92 Å². The molecule has 108 valence electrons. The number of hydrogen-bond acceptors (Lipinski definition) is 6. The Morgan fingerprint density at radius 1 is 1.38 bits per heavy atom. The van der Waals surface area contributed by atoms with Crippen molar-refractivity contribution in [1.82, 2.24) is 10.1 Å². The Hall–Kier alpha value is -2.05. The van der Waals surface area contributed by atoms with Crippen LogP contribution in [0.2, 0.25) is 5.02 Å². The number of halogens is 1. The summed E-state index contributed by atoms with van der Waals surface area (Å²) in [4.78, 5) is 5.17. The molecule has 3 aromatic rings. The van der Waals surface area contributed by atoms with E-state index in [9.17, 15) is 0 Å². The van der Waals surface area contributed by atoms with Crippen LogP contribution < -0.4 is 10.5 Å². The Bertz CT molecular complexity index is 797. The first kappa shape index (κ1) is 13.9. The first-order valence-corrected chi connectivity index (χ1v) is 7.37. The van der Waals surface area contributed by atoms with Gasteiger partial charge in [0.15, 0.2) is 0 Å². The average molecular weight is 322 g/mol. The molecule has 0 unspecified atom stereocenters. The topological polar surface area (TPSA) is 74.2 Å². The summed E-state index contributed by atoms with van der Waals surface area (Å²) in [6, 6.07) is 5.24. The highest BCUT2D eigenvalue weighted by Crippen LogP contribution is 2.36. The maximum atomic E-state index is 6.00. The van der Waals surface area contributed by atoms with E-state index in [0.29, 0.717) is 33.7 Å². The van der Waals surface area contributed by atoms with Gasteiger partial charge in [0.25, 0.3) is 5.89 Å². The Morgan fingerprint density at radius 3 is 2.86 bits per heavy atom. The molecule has 1 aromatic carbocycles. The van der Waals surface area contributed by atoms with E-state index < -0.39 is 0 Å². The normalized spacial score (nSPS) is 10.8. The Morgan fingerprint density at radius 2 is 2.19 bits per heavy atom. The summed E-state index contributed by atoms with van der Waals surface area (Å²) in [7, 11) is 1.57. The number of thiophene rings is 1. The summed E-state index contributed by atoms with van der Waals surface area (Å²) in [6.45, 7) is 1.94. The van der Waals surface area contributed by atoms with Crippen molar-refractivity contribution >= 4 is 28.6 Å². The lowest BCUT2D eigenvalue weighted by Gasteiger charge is -2.04. The van der Waals surface area contributed by atoms with Crippen molar-refractivity contribution in [3.63, 3.8) is 0 Å². The summed E-state index contributed by atoms with van der Waals surface area (Å²) in [6.07, 6.45) is 0. The molecule has 0 amide bonds. The van der Waals surface area contributed by atoms with Crippen LogP contribution in [0.4, 0.5) is 5.69 Å². The van der Waals surface area contributed by atoms with Crippen molar-refractivity contribution < 1.29 is 9.26 Å². The monoisotopic (exact) mass is 321 g/mol. The highest BCUT2D eigenvalue weighted by molar-refractivity contribution is 7.14. The zero-order valence-electron chi connectivity index (χ0n) is 11.4. The van der Waals surface area contributed by atoms with Gasteiger partial charge in [-0.2, -0.15) is 4.98 Å². The molecule has 0 saturated carbocycles. The number of hydrogen-bond donors (Lipinski definition) is 1. The minimum absolute atomic E-state index is 0.401. The van der Waals surface area contributed by atoms with Crippen LogP contribution in [0.5, 0.6) is 5.75 Å².